The van der Waals surface area contributed by atoms with Crippen molar-refractivity contribution in [1.82, 2.24) is 0 Å². The van der Waals surface area contributed by atoms with Crippen LogP contribution in [0.2, 0.25) is 0 Å². The number of aryl methyl sites for hydroxylation is 2. The molecule has 37 heavy (non-hydrogen) atoms. The third kappa shape index (κ3) is 8.77. The van der Waals surface area contributed by atoms with Gasteiger partial charge in [-0.15, -0.1) is 0 Å². The molecule has 5 nitrogen and oxygen atoms in total. The highest BCUT2D eigenvalue weighted by Crippen LogP contribution is 2.35. The Morgan fingerprint density at radius 1 is 1.05 bits per heavy atom. The number of carbonyl (C=O) groups excluding carboxylic acids is 2. The molecule has 1 fully saturated rings. The summed E-state index contributed by atoms with van der Waals surface area (Å²) in [5, 5.41) is 5.91. The van der Waals surface area contributed by atoms with Crippen molar-refractivity contribution in [2.45, 2.75) is 80.1 Å². The van der Waals surface area contributed by atoms with Crippen LogP contribution in [-0.2, 0) is 16.0 Å². The van der Waals surface area contributed by atoms with Gasteiger partial charge in [-0.25, -0.2) is 0 Å². The first kappa shape index (κ1) is 30.1. The van der Waals surface area contributed by atoms with E-state index in [1.807, 2.05) is 31.2 Å². The fraction of sp³-hybridized carbons (Fsp3) is 0.500. The molecule has 0 radical (unpaired) electrons. The van der Waals surface area contributed by atoms with Gasteiger partial charge in [-0.3, -0.25) is 9.59 Å². The smallest absolute Gasteiger partial charge is 0.227 e. The van der Waals surface area contributed by atoms with Crippen molar-refractivity contribution in [3.8, 4) is 5.75 Å². The second kappa shape index (κ2) is 14.6. The van der Waals surface area contributed by atoms with E-state index in [9.17, 15) is 9.59 Å². The Morgan fingerprint density at radius 3 is 2.27 bits per heavy atom. The van der Waals surface area contributed by atoms with Crippen LogP contribution in [0.25, 0.3) is 6.08 Å². The molecule has 5 heteroatoms. The summed E-state index contributed by atoms with van der Waals surface area (Å²) in [7, 11) is 1.66. The highest BCUT2D eigenvalue weighted by Gasteiger charge is 2.28. The first-order valence-electron chi connectivity index (χ1n) is 13.6. The molecule has 202 valence electrons. The summed E-state index contributed by atoms with van der Waals surface area (Å²) in [4.78, 5) is 23.5. The average Bonchev–Trinajstić information content (AvgIpc) is 2.89. The van der Waals surface area contributed by atoms with Crippen molar-refractivity contribution < 1.29 is 14.3 Å². The van der Waals surface area contributed by atoms with Gasteiger partial charge in [-0.2, -0.15) is 0 Å². The third-order valence-corrected chi connectivity index (χ3v) is 7.66. The number of ether oxygens (including phenoxy) is 1. The second-order valence-corrected chi connectivity index (χ2v) is 10.3. The van der Waals surface area contributed by atoms with Gasteiger partial charge in [0.05, 0.1) is 7.11 Å². The predicted molar refractivity (Wildman–Crippen MR) is 156 cm³/mol. The van der Waals surface area contributed by atoms with Gasteiger partial charge in [0.1, 0.15) is 5.75 Å². The van der Waals surface area contributed by atoms with Gasteiger partial charge < -0.3 is 15.4 Å². The fourth-order valence-electron chi connectivity index (χ4n) is 5.16. The third-order valence-electron chi connectivity index (χ3n) is 7.66. The normalized spacial score (nSPS) is 17.6. The summed E-state index contributed by atoms with van der Waals surface area (Å²) in [6, 6.07) is 9.87. The number of hydrogen-bond acceptors (Lipinski definition) is 3. The molecule has 2 aromatic rings. The van der Waals surface area contributed by atoms with E-state index in [0.29, 0.717) is 0 Å². The quantitative estimate of drug-likeness (QED) is 0.382. The molecule has 1 atom stereocenters. The molecule has 0 aromatic heterocycles. The van der Waals surface area contributed by atoms with Crippen LogP contribution in [0.3, 0.4) is 0 Å². The summed E-state index contributed by atoms with van der Waals surface area (Å²) < 4.78 is 5.31. The Balaban J connectivity index is 0.000000281. The van der Waals surface area contributed by atoms with Gasteiger partial charge in [0.15, 0.2) is 0 Å². The number of methoxy groups -OCH3 is 1. The van der Waals surface area contributed by atoms with Crippen molar-refractivity contribution in [3.63, 3.8) is 0 Å². The van der Waals surface area contributed by atoms with Gasteiger partial charge in [-0.05, 0) is 92.2 Å². The monoisotopic (exact) mass is 506 g/mol. The lowest BCUT2D eigenvalue weighted by atomic mass is 9.75. The summed E-state index contributed by atoms with van der Waals surface area (Å²) in [6.07, 6.45) is 8.35. The van der Waals surface area contributed by atoms with Crippen LogP contribution in [0.4, 0.5) is 11.4 Å². The lowest BCUT2D eigenvalue weighted by Gasteiger charge is -2.31. The zero-order valence-electron chi connectivity index (χ0n) is 23.9. The summed E-state index contributed by atoms with van der Waals surface area (Å²) in [6.45, 7) is 16.0. The molecule has 0 saturated heterocycles. The molecular formula is C32H46N2O3. The highest BCUT2D eigenvalue weighted by atomic mass is 16.5. The minimum atomic E-state index is -0.0367. The molecule has 0 spiro atoms. The standard InChI is InChI=1S/C19H29NO2.C13H17NO/c1-5-13(2)15-7-9-16(10-8-15)19(21)20-17-11-6-14(3)18(12-17)22-4;1-5-11-7-9(3)12(6-2)13(8-11)14-10(4)15/h6,11-13,15-16H,5,7-10H2,1-4H3,(H,20,21);5,7-8H,1,6H2,2-4H3,(H,14,15). The molecule has 0 bridgehead atoms. The zero-order valence-corrected chi connectivity index (χ0v) is 23.9. The van der Waals surface area contributed by atoms with E-state index in [1.165, 1.54) is 37.3 Å². The Labute approximate surface area is 224 Å². The van der Waals surface area contributed by atoms with Crippen LogP contribution >= 0.6 is 0 Å². The maximum Gasteiger partial charge on any atom is 0.227 e. The summed E-state index contributed by atoms with van der Waals surface area (Å²) >= 11 is 0. The number of hydrogen-bond donors (Lipinski definition) is 2. The molecule has 1 aliphatic carbocycles. The molecular weight excluding hydrogens is 460 g/mol. The Hall–Kier alpha value is -3.08. The van der Waals surface area contributed by atoms with Crippen LogP contribution in [-0.4, -0.2) is 18.9 Å². The van der Waals surface area contributed by atoms with Crippen molar-refractivity contribution >= 4 is 29.3 Å². The van der Waals surface area contributed by atoms with E-state index < -0.39 is 0 Å². The number of benzene rings is 2. The van der Waals surface area contributed by atoms with E-state index in [4.69, 9.17) is 4.74 Å². The van der Waals surface area contributed by atoms with Gasteiger partial charge in [-0.1, -0.05) is 52.0 Å². The number of rotatable bonds is 8. The highest BCUT2D eigenvalue weighted by molar-refractivity contribution is 5.93. The van der Waals surface area contributed by atoms with Crippen LogP contribution in [0.1, 0.15) is 82.1 Å². The topological polar surface area (TPSA) is 67.4 Å². The number of carbonyl (C=O) groups is 2. The van der Waals surface area contributed by atoms with E-state index in [0.717, 1.165) is 59.3 Å². The van der Waals surface area contributed by atoms with E-state index in [-0.39, 0.29) is 17.7 Å². The first-order chi connectivity index (χ1) is 17.6. The van der Waals surface area contributed by atoms with Crippen molar-refractivity contribution in [2.24, 2.45) is 17.8 Å². The van der Waals surface area contributed by atoms with E-state index in [1.54, 1.807) is 13.2 Å². The first-order valence-corrected chi connectivity index (χ1v) is 13.6. The van der Waals surface area contributed by atoms with Gasteiger partial charge in [0, 0.05) is 30.3 Å². The molecule has 2 N–H and O–H groups in total. The van der Waals surface area contributed by atoms with Crippen LogP contribution in [0.5, 0.6) is 5.75 Å². The van der Waals surface area contributed by atoms with Gasteiger partial charge >= 0.3 is 0 Å². The van der Waals surface area contributed by atoms with Gasteiger partial charge in [0.25, 0.3) is 0 Å². The molecule has 3 rings (SSSR count). The lowest BCUT2D eigenvalue weighted by Crippen LogP contribution is -2.28. The Kier molecular flexibility index (Phi) is 11.9. The maximum absolute atomic E-state index is 12.4. The maximum atomic E-state index is 12.4. The molecule has 2 aromatic carbocycles. The second-order valence-electron chi connectivity index (χ2n) is 10.3. The van der Waals surface area contributed by atoms with Crippen molar-refractivity contribution in [2.75, 3.05) is 17.7 Å². The summed E-state index contributed by atoms with van der Waals surface area (Å²) in [5.41, 5.74) is 6.23. The molecule has 1 saturated carbocycles. The van der Waals surface area contributed by atoms with Crippen LogP contribution < -0.4 is 15.4 Å². The van der Waals surface area contributed by atoms with Gasteiger partial charge in [0.2, 0.25) is 11.8 Å². The minimum absolute atomic E-state index is 0.0367. The minimum Gasteiger partial charge on any atom is -0.496 e. The number of nitrogens with one attached hydrogen (secondary N) is 2. The zero-order chi connectivity index (χ0) is 27.5. The molecule has 1 aliphatic rings. The molecule has 1 unspecified atom stereocenters. The Morgan fingerprint density at radius 2 is 1.73 bits per heavy atom. The average molecular weight is 507 g/mol. The summed E-state index contributed by atoms with van der Waals surface area (Å²) in [5.74, 6) is 2.68. The predicted octanol–water partition coefficient (Wildman–Crippen LogP) is 7.95. The van der Waals surface area contributed by atoms with E-state index >= 15 is 0 Å². The van der Waals surface area contributed by atoms with Crippen LogP contribution in [0.15, 0.2) is 36.9 Å². The van der Waals surface area contributed by atoms with Crippen LogP contribution in [0, 0.1) is 31.6 Å². The lowest BCUT2D eigenvalue weighted by molar-refractivity contribution is -0.121. The number of anilines is 2. The van der Waals surface area contributed by atoms with Crippen molar-refractivity contribution in [3.05, 3.63) is 59.2 Å². The SMILES string of the molecule is C=Cc1cc(C)c(CC)c(NC(C)=O)c1.CCC(C)C1CCC(C(=O)Nc2ccc(C)c(OC)c2)CC1. The molecule has 2 amide bonds. The fourth-order valence-corrected chi connectivity index (χ4v) is 5.16. The molecule has 0 heterocycles. The molecule has 0 aliphatic heterocycles. The van der Waals surface area contributed by atoms with Crippen molar-refractivity contribution in [1.29, 1.82) is 0 Å². The van der Waals surface area contributed by atoms with E-state index in [2.05, 4.69) is 51.0 Å². The Bertz CT molecular complexity index is 1070. The number of amides is 2. The largest absolute Gasteiger partial charge is 0.496 e.